The molecule has 1 aromatic heterocycles. The number of hydrogen-bond acceptors (Lipinski definition) is 2. The normalized spacial score (nSPS) is 11.4. The molecule has 0 unspecified atom stereocenters. The van der Waals surface area contributed by atoms with E-state index in [1.165, 1.54) is 43.4 Å². The monoisotopic (exact) mass is 739 g/mol. The zero-order valence-corrected chi connectivity index (χ0v) is 31.7. The Balaban J connectivity index is 0.953. The summed E-state index contributed by atoms with van der Waals surface area (Å²) >= 11 is 0. The van der Waals surface area contributed by atoms with Crippen LogP contribution < -0.4 is 4.90 Å². The van der Waals surface area contributed by atoms with E-state index in [1.54, 1.807) is 0 Å². The van der Waals surface area contributed by atoms with Crippen LogP contribution in [0.15, 0.2) is 229 Å². The van der Waals surface area contributed by atoms with E-state index in [-0.39, 0.29) is 0 Å². The molecule has 0 atom stereocenters. The third-order valence-corrected chi connectivity index (χ3v) is 11.4. The Morgan fingerprint density at radius 1 is 0.293 bits per heavy atom. The van der Waals surface area contributed by atoms with Crippen molar-refractivity contribution in [3.05, 3.63) is 224 Å². The van der Waals surface area contributed by atoms with Crippen LogP contribution in [0.2, 0.25) is 0 Å². The molecule has 2 heteroatoms. The Hall–Kier alpha value is -7.68. The molecule has 58 heavy (non-hydrogen) atoms. The van der Waals surface area contributed by atoms with Crippen LogP contribution in [0.25, 0.3) is 88.0 Å². The molecule has 0 bridgehead atoms. The summed E-state index contributed by atoms with van der Waals surface area (Å²) in [7, 11) is 0. The lowest BCUT2D eigenvalue weighted by atomic mass is 9.95. The van der Waals surface area contributed by atoms with Crippen LogP contribution in [0.4, 0.5) is 17.1 Å². The quantitative estimate of drug-likeness (QED) is 0.151. The third kappa shape index (κ3) is 5.91. The molecule has 0 fully saturated rings. The van der Waals surface area contributed by atoms with Crippen LogP contribution in [0.3, 0.4) is 0 Å². The van der Waals surface area contributed by atoms with Crippen molar-refractivity contribution in [2.75, 3.05) is 4.90 Å². The van der Waals surface area contributed by atoms with Crippen molar-refractivity contribution in [3.63, 3.8) is 0 Å². The van der Waals surface area contributed by atoms with Gasteiger partial charge in [-0.1, -0.05) is 182 Å². The van der Waals surface area contributed by atoms with Gasteiger partial charge in [0.05, 0.1) is 5.69 Å². The van der Waals surface area contributed by atoms with Gasteiger partial charge in [0.1, 0.15) is 11.3 Å². The molecular weight excluding hydrogens is 703 g/mol. The highest BCUT2D eigenvalue weighted by molar-refractivity contribution is 6.14. The van der Waals surface area contributed by atoms with Gasteiger partial charge in [-0.15, -0.1) is 0 Å². The fourth-order valence-corrected chi connectivity index (χ4v) is 8.60. The standard InChI is InChI=1S/C56H37NO/c1-2-14-42(15-3-1)55-52-23-10-11-24-54(52)58-56(55)46-19-12-18-43(35-46)41-27-25-39(26-28-41)40-29-32-47(33-30-40)57(48-34-31-38-13-4-5-16-44(38)36-48)53-37-45-17-6-7-20-49(45)50-21-8-9-22-51(50)53/h1-37H. The SMILES string of the molecule is c1ccc(-c2c(-c3cccc(-c4ccc(-c5ccc(N(c6ccc7ccccc7c6)c6cc7ccccc7c7ccccc67)cc5)cc4)c3)oc3ccccc23)cc1. The summed E-state index contributed by atoms with van der Waals surface area (Å²) in [6.07, 6.45) is 0. The van der Waals surface area contributed by atoms with E-state index in [0.717, 1.165) is 61.6 Å². The summed E-state index contributed by atoms with van der Waals surface area (Å²) in [4.78, 5) is 2.41. The van der Waals surface area contributed by atoms with E-state index in [2.05, 4.69) is 217 Å². The topological polar surface area (TPSA) is 16.4 Å². The van der Waals surface area contributed by atoms with Crippen molar-refractivity contribution in [2.45, 2.75) is 0 Å². The number of hydrogen-bond donors (Lipinski definition) is 0. The van der Waals surface area contributed by atoms with Crippen molar-refractivity contribution in [1.29, 1.82) is 0 Å². The molecule has 0 spiro atoms. The van der Waals surface area contributed by atoms with E-state index in [0.29, 0.717) is 0 Å². The average molecular weight is 740 g/mol. The van der Waals surface area contributed by atoms with Gasteiger partial charge in [-0.3, -0.25) is 0 Å². The largest absolute Gasteiger partial charge is 0.455 e. The summed E-state index contributed by atoms with van der Waals surface area (Å²) in [6.45, 7) is 0. The Morgan fingerprint density at radius 2 is 0.845 bits per heavy atom. The van der Waals surface area contributed by atoms with Gasteiger partial charge in [-0.25, -0.2) is 0 Å². The molecule has 11 aromatic rings. The lowest BCUT2D eigenvalue weighted by molar-refractivity contribution is 0.632. The predicted molar refractivity (Wildman–Crippen MR) is 245 cm³/mol. The summed E-state index contributed by atoms with van der Waals surface area (Å²) in [5, 5.41) is 8.51. The second kappa shape index (κ2) is 14.1. The lowest BCUT2D eigenvalue weighted by Gasteiger charge is -2.28. The van der Waals surface area contributed by atoms with E-state index >= 15 is 0 Å². The third-order valence-electron chi connectivity index (χ3n) is 11.4. The Kier molecular flexibility index (Phi) is 8.19. The number of rotatable bonds is 7. The minimum Gasteiger partial charge on any atom is -0.455 e. The van der Waals surface area contributed by atoms with Crippen LogP contribution in [0, 0.1) is 0 Å². The van der Waals surface area contributed by atoms with Crippen LogP contribution in [0.1, 0.15) is 0 Å². The van der Waals surface area contributed by atoms with Gasteiger partial charge < -0.3 is 9.32 Å². The minimum atomic E-state index is 0.889. The van der Waals surface area contributed by atoms with E-state index in [9.17, 15) is 0 Å². The zero-order chi connectivity index (χ0) is 38.4. The molecule has 0 N–H and O–H groups in total. The Labute approximate surface area is 337 Å². The molecule has 0 amide bonds. The number of benzene rings is 10. The maximum absolute atomic E-state index is 6.55. The number of furan rings is 1. The van der Waals surface area contributed by atoms with Gasteiger partial charge >= 0.3 is 0 Å². The Bertz CT molecular complexity index is 3270. The average Bonchev–Trinajstić information content (AvgIpc) is 3.70. The highest BCUT2D eigenvalue weighted by Gasteiger charge is 2.20. The highest BCUT2D eigenvalue weighted by atomic mass is 16.3. The first-order valence-corrected chi connectivity index (χ1v) is 19.8. The molecule has 0 saturated heterocycles. The van der Waals surface area contributed by atoms with Gasteiger partial charge in [-0.2, -0.15) is 0 Å². The first-order chi connectivity index (χ1) is 28.7. The van der Waals surface area contributed by atoms with Gasteiger partial charge in [0.15, 0.2) is 0 Å². The zero-order valence-electron chi connectivity index (χ0n) is 31.7. The van der Waals surface area contributed by atoms with Crippen molar-refractivity contribution in [1.82, 2.24) is 0 Å². The van der Waals surface area contributed by atoms with Crippen LogP contribution in [-0.2, 0) is 0 Å². The number of nitrogens with zero attached hydrogens (tertiary/aromatic N) is 1. The number of anilines is 3. The van der Waals surface area contributed by atoms with Crippen LogP contribution >= 0.6 is 0 Å². The van der Waals surface area contributed by atoms with Crippen molar-refractivity contribution in [3.8, 4) is 44.7 Å². The first kappa shape index (κ1) is 33.6. The Morgan fingerprint density at radius 3 is 1.62 bits per heavy atom. The summed E-state index contributed by atoms with van der Waals surface area (Å²) in [5.74, 6) is 0.889. The maximum atomic E-state index is 6.55. The van der Waals surface area contributed by atoms with Gasteiger partial charge in [0.2, 0.25) is 0 Å². The predicted octanol–water partition coefficient (Wildman–Crippen LogP) is 16.0. The first-order valence-electron chi connectivity index (χ1n) is 19.8. The molecule has 1 heterocycles. The molecule has 2 nitrogen and oxygen atoms in total. The van der Waals surface area contributed by atoms with Crippen molar-refractivity contribution >= 4 is 60.3 Å². The molecule has 272 valence electrons. The van der Waals surface area contributed by atoms with E-state index in [4.69, 9.17) is 4.42 Å². The van der Waals surface area contributed by atoms with Crippen LogP contribution in [0.5, 0.6) is 0 Å². The van der Waals surface area contributed by atoms with E-state index in [1.807, 2.05) is 12.1 Å². The van der Waals surface area contributed by atoms with Crippen molar-refractivity contribution in [2.24, 2.45) is 0 Å². The fraction of sp³-hybridized carbons (Fsp3) is 0. The molecule has 11 rings (SSSR count). The van der Waals surface area contributed by atoms with Gasteiger partial charge in [0.25, 0.3) is 0 Å². The molecule has 0 radical (unpaired) electrons. The maximum Gasteiger partial charge on any atom is 0.143 e. The molecule has 0 aliphatic rings. The lowest BCUT2D eigenvalue weighted by Crippen LogP contribution is -2.10. The second-order valence-corrected chi connectivity index (χ2v) is 14.9. The number of fused-ring (bicyclic) bond motifs is 5. The molecule has 0 aliphatic heterocycles. The summed E-state index contributed by atoms with van der Waals surface area (Å²) < 4.78 is 6.55. The van der Waals surface area contributed by atoms with E-state index < -0.39 is 0 Å². The minimum absolute atomic E-state index is 0.889. The van der Waals surface area contributed by atoms with Crippen LogP contribution in [-0.4, -0.2) is 0 Å². The smallest absolute Gasteiger partial charge is 0.143 e. The highest BCUT2D eigenvalue weighted by Crippen LogP contribution is 2.44. The second-order valence-electron chi connectivity index (χ2n) is 14.9. The van der Waals surface area contributed by atoms with Gasteiger partial charge in [-0.05, 0) is 97.2 Å². The van der Waals surface area contributed by atoms with Gasteiger partial charge in [0, 0.05) is 33.3 Å². The number of para-hydroxylation sites is 1. The summed E-state index contributed by atoms with van der Waals surface area (Å²) in [6, 6.07) is 80.6. The molecule has 0 saturated carbocycles. The molecular formula is C56H37NO. The van der Waals surface area contributed by atoms with Crippen molar-refractivity contribution < 1.29 is 4.42 Å². The molecule has 10 aromatic carbocycles. The molecule has 0 aliphatic carbocycles. The summed E-state index contributed by atoms with van der Waals surface area (Å²) in [5.41, 5.74) is 12.2. The fourth-order valence-electron chi connectivity index (χ4n) is 8.60.